The third kappa shape index (κ3) is 4.72. The van der Waals surface area contributed by atoms with E-state index in [2.05, 4.69) is 41.0 Å². The number of unbranched alkanes of at least 4 members (excludes halogenated alkanes) is 1. The van der Waals surface area contributed by atoms with Gasteiger partial charge in [0.15, 0.2) is 0 Å². The molecule has 1 aromatic heterocycles. The van der Waals surface area contributed by atoms with Crippen molar-refractivity contribution in [2.75, 3.05) is 5.75 Å². The lowest BCUT2D eigenvalue weighted by Crippen LogP contribution is -2.03. The smallest absolute Gasteiger partial charge is 0.0963 e. The fourth-order valence-electron chi connectivity index (χ4n) is 3.46. The average Bonchev–Trinajstić information content (AvgIpc) is 3.22. The van der Waals surface area contributed by atoms with Gasteiger partial charge in [-0.1, -0.05) is 78.9 Å². The van der Waals surface area contributed by atoms with E-state index in [0.717, 1.165) is 46.8 Å². The summed E-state index contributed by atoms with van der Waals surface area (Å²) in [4.78, 5) is 5.64. The van der Waals surface area contributed by atoms with Crippen LogP contribution in [-0.2, 0) is 17.3 Å². The van der Waals surface area contributed by atoms with Crippen molar-refractivity contribution >= 4 is 10.8 Å². The molecule has 0 amide bonds. The van der Waals surface area contributed by atoms with Crippen LogP contribution < -0.4 is 0 Å². The molecule has 0 spiro atoms. The zero-order chi connectivity index (χ0) is 19.9. The van der Waals surface area contributed by atoms with E-state index in [4.69, 9.17) is 4.98 Å². The normalized spacial score (nSPS) is 12.0. The van der Waals surface area contributed by atoms with Crippen LogP contribution in [0, 0.1) is 0 Å². The molecule has 0 aliphatic heterocycles. The molecule has 0 fully saturated rings. The molecule has 0 aliphatic carbocycles. The summed E-state index contributed by atoms with van der Waals surface area (Å²) in [7, 11) is -0.932. The molecule has 0 bridgehead atoms. The van der Waals surface area contributed by atoms with Gasteiger partial charge < -0.3 is 4.57 Å². The lowest BCUT2D eigenvalue weighted by Gasteiger charge is -2.11. The first kappa shape index (κ1) is 19.3. The summed E-state index contributed by atoms with van der Waals surface area (Å²) in [6, 6.07) is 30.4. The first-order chi connectivity index (χ1) is 14.3. The van der Waals surface area contributed by atoms with Gasteiger partial charge in [-0.2, -0.15) is 0 Å². The van der Waals surface area contributed by atoms with E-state index in [1.807, 2.05) is 60.9 Å². The molecule has 4 aromatic rings. The summed E-state index contributed by atoms with van der Waals surface area (Å²) < 4.78 is 14.7. The van der Waals surface area contributed by atoms with Crippen LogP contribution in [0.3, 0.4) is 0 Å². The maximum atomic E-state index is 12.4. The third-order valence-corrected chi connectivity index (χ3v) is 6.37. The number of aromatic nitrogens is 2. The molecule has 1 atom stereocenters. The first-order valence-electron chi connectivity index (χ1n) is 9.92. The highest BCUT2D eigenvalue weighted by Crippen LogP contribution is 2.31. The molecule has 1 unspecified atom stereocenters. The van der Waals surface area contributed by atoms with Crippen molar-refractivity contribution in [1.29, 1.82) is 0 Å². The number of rotatable bonds is 8. The number of aryl methyl sites for hydroxylation is 1. The summed E-state index contributed by atoms with van der Waals surface area (Å²) in [5.74, 6) is 0.685. The van der Waals surface area contributed by atoms with Crippen molar-refractivity contribution in [1.82, 2.24) is 9.55 Å². The zero-order valence-electron chi connectivity index (χ0n) is 16.3. The molecule has 4 heteroatoms. The molecule has 0 aliphatic rings. The fourth-order valence-corrected chi connectivity index (χ4v) is 4.63. The quantitative estimate of drug-likeness (QED) is 0.350. The van der Waals surface area contributed by atoms with Gasteiger partial charge in [0.1, 0.15) is 0 Å². The Morgan fingerprint density at radius 3 is 1.97 bits per heavy atom. The predicted octanol–water partition coefficient (Wildman–Crippen LogP) is 5.81. The van der Waals surface area contributed by atoms with Gasteiger partial charge in [-0.15, -0.1) is 0 Å². The molecule has 0 N–H and O–H groups in total. The molecular weight excluding hydrogens is 376 g/mol. The lowest BCUT2D eigenvalue weighted by atomic mass is 10.0. The highest BCUT2D eigenvalue weighted by molar-refractivity contribution is 7.85. The Bertz CT molecular complexity index is 1060. The van der Waals surface area contributed by atoms with Gasteiger partial charge in [-0.05, 0) is 25.0 Å². The summed E-state index contributed by atoms with van der Waals surface area (Å²) in [6.07, 6.45) is 3.80. The lowest BCUT2D eigenvalue weighted by molar-refractivity contribution is 0.631. The fraction of sp³-hybridized carbons (Fsp3) is 0.160. The van der Waals surface area contributed by atoms with Crippen molar-refractivity contribution in [3.8, 4) is 22.5 Å². The minimum absolute atomic E-state index is 0.685. The van der Waals surface area contributed by atoms with Crippen LogP contribution in [0.15, 0.2) is 102 Å². The number of hydrogen-bond acceptors (Lipinski definition) is 2. The van der Waals surface area contributed by atoms with Crippen LogP contribution in [-0.4, -0.2) is 19.5 Å². The van der Waals surface area contributed by atoms with Crippen molar-refractivity contribution in [2.24, 2.45) is 0 Å². The van der Waals surface area contributed by atoms with Crippen molar-refractivity contribution in [3.63, 3.8) is 0 Å². The standard InChI is InChI=1S/C25H24N2OS/c28-29(23-16-8-3-9-17-23)19-11-10-18-27-20-26-24(21-12-4-1-5-13-21)25(27)22-14-6-2-7-15-22/h1-9,12-17,20H,10-11,18-19H2. The number of imidazole rings is 1. The maximum Gasteiger partial charge on any atom is 0.0963 e. The number of benzene rings is 3. The second-order valence-electron chi connectivity index (χ2n) is 6.94. The Labute approximate surface area is 174 Å². The molecular formula is C25H24N2OS. The molecule has 1 heterocycles. The Kier molecular flexibility index (Phi) is 6.32. The largest absolute Gasteiger partial charge is 0.330 e. The van der Waals surface area contributed by atoms with Crippen LogP contribution in [0.5, 0.6) is 0 Å². The predicted molar refractivity (Wildman–Crippen MR) is 120 cm³/mol. The zero-order valence-corrected chi connectivity index (χ0v) is 17.1. The van der Waals surface area contributed by atoms with Crippen LogP contribution in [0.1, 0.15) is 12.8 Å². The summed E-state index contributed by atoms with van der Waals surface area (Å²) in [5, 5.41) is 0. The maximum absolute atomic E-state index is 12.4. The van der Waals surface area contributed by atoms with Crippen LogP contribution >= 0.6 is 0 Å². The minimum Gasteiger partial charge on any atom is -0.330 e. The summed E-state index contributed by atoms with van der Waals surface area (Å²) in [5.41, 5.74) is 4.43. The number of hydrogen-bond donors (Lipinski definition) is 0. The molecule has 0 saturated carbocycles. The molecule has 0 radical (unpaired) electrons. The van der Waals surface area contributed by atoms with E-state index < -0.39 is 10.8 Å². The van der Waals surface area contributed by atoms with Gasteiger partial charge >= 0.3 is 0 Å². The van der Waals surface area contributed by atoms with Gasteiger partial charge in [-0.3, -0.25) is 4.21 Å². The molecule has 0 saturated heterocycles. The molecule has 4 rings (SSSR count). The first-order valence-corrected chi connectivity index (χ1v) is 11.2. The van der Waals surface area contributed by atoms with Gasteiger partial charge in [0, 0.05) is 28.3 Å². The van der Waals surface area contributed by atoms with E-state index in [0.29, 0.717) is 5.75 Å². The van der Waals surface area contributed by atoms with E-state index in [9.17, 15) is 4.21 Å². The number of nitrogens with zero attached hydrogens (tertiary/aromatic N) is 2. The second-order valence-corrected chi connectivity index (χ2v) is 8.51. The van der Waals surface area contributed by atoms with Crippen molar-refractivity contribution in [3.05, 3.63) is 97.3 Å². The average molecular weight is 401 g/mol. The second kappa shape index (κ2) is 9.48. The SMILES string of the molecule is O=S(CCCCn1cnc(-c2ccccc2)c1-c1ccccc1)c1ccccc1. The molecule has 146 valence electrons. The topological polar surface area (TPSA) is 34.9 Å². The van der Waals surface area contributed by atoms with Crippen LogP contribution in [0.4, 0.5) is 0 Å². The monoisotopic (exact) mass is 400 g/mol. The van der Waals surface area contributed by atoms with E-state index in [1.165, 1.54) is 0 Å². The summed E-state index contributed by atoms with van der Waals surface area (Å²) >= 11 is 0. The Morgan fingerprint density at radius 1 is 0.724 bits per heavy atom. The highest BCUT2D eigenvalue weighted by atomic mass is 32.2. The van der Waals surface area contributed by atoms with Crippen molar-refractivity contribution in [2.45, 2.75) is 24.3 Å². The van der Waals surface area contributed by atoms with Gasteiger partial charge in [0.05, 0.1) is 28.5 Å². The highest BCUT2D eigenvalue weighted by Gasteiger charge is 2.14. The Morgan fingerprint density at radius 2 is 1.31 bits per heavy atom. The minimum atomic E-state index is -0.932. The van der Waals surface area contributed by atoms with Gasteiger partial charge in [0.25, 0.3) is 0 Å². The van der Waals surface area contributed by atoms with Crippen LogP contribution in [0.25, 0.3) is 22.5 Å². The summed E-state index contributed by atoms with van der Waals surface area (Å²) in [6.45, 7) is 0.857. The van der Waals surface area contributed by atoms with Crippen molar-refractivity contribution < 1.29 is 4.21 Å². The van der Waals surface area contributed by atoms with Gasteiger partial charge in [0.2, 0.25) is 0 Å². The Hall–Kier alpha value is -2.98. The van der Waals surface area contributed by atoms with E-state index in [1.54, 1.807) is 0 Å². The van der Waals surface area contributed by atoms with Crippen LogP contribution in [0.2, 0.25) is 0 Å². The van der Waals surface area contributed by atoms with Gasteiger partial charge in [-0.25, -0.2) is 4.98 Å². The molecule has 3 aromatic carbocycles. The Balaban J connectivity index is 1.49. The molecule has 29 heavy (non-hydrogen) atoms. The third-order valence-electron chi connectivity index (χ3n) is 4.92. The van der Waals surface area contributed by atoms with E-state index in [-0.39, 0.29) is 0 Å². The van der Waals surface area contributed by atoms with E-state index >= 15 is 0 Å². The molecule has 3 nitrogen and oxygen atoms in total.